The molecule has 29 heavy (non-hydrogen) atoms. The van der Waals surface area contributed by atoms with E-state index in [-0.39, 0.29) is 23.3 Å². The van der Waals surface area contributed by atoms with Gasteiger partial charge in [0, 0.05) is 37.3 Å². The number of hydrogen-bond acceptors (Lipinski definition) is 4. The third kappa shape index (κ3) is 4.65. The number of rotatable bonds is 7. The highest BCUT2D eigenvalue weighted by molar-refractivity contribution is 7.89. The first kappa shape index (κ1) is 21.0. The summed E-state index contributed by atoms with van der Waals surface area (Å²) in [6.07, 6.45) is 1.03. The first-order chi connectivity index (χ1) is 13.8. The van der Waals surface area contributed by atoms with Crippen molar-refractivity contribution in [1.82, 2.24) is 9.62 Å². The van der Waals surface area contributed by atoms with Crippen molar-refractivity contribution in [2.45, 2.75) is 38.1 Å². The van der Waals surface area contributed by atoms with E-state index in [1.165, 1.54) is 4.31 Å². The molecule has 0 fully saturated rings. The lowest BCUT2D eigenvalue weighted by molar-refractivity contribution is -0.116. The summed E-state index contributed by atoms with van der Waals surface area (Å²) in [5.41, 5.74) is 3.04. The fourth-order valence-corrected chi connectivity index (χ4v) is 4.76. The van der Waals surface area contributed by atoms with Crippen LogP contribution in [0.3, 0.4) is 0 Å². The molecule has 3 rings (SSSR count). The molecular formula is C21H25N3O4S. The Morgan fingerprint density at radius 3 is 2.41 bits per heavy atom. The van der Waals surface area contributed by atoms with Gasteiger partial charge < -0.3 is 10.6 Å². The molecule has 0 radical (unpaired) electrons. The number of nitrogens with zero attached hydrogens (tertiary/aromatic N) is 1. The summed E-state index contributed by atoms with van der Waals surface area (Å²) < 4.78 is 26.5. The number of nitrogens with one attached hydrogen (secondary N) is 2. The van der Waals surface area contributed by atoms with Crippen LogP contribution in [0, 0.1) is 0 Å². The maximum absolute atomic E-state index is 12.5. The van der Waals surface area contributed by atoms with E-state index in [0.717, 1.165) is 16.8 Å². The topological polar surface area (TPSA) is 95.6 Å². The van der Waals surface area contributed by atoms with Crippen LogP contribution in [0.25, 0.3) is 0 Å². The van der Waals surface area contributed by atoms with Crippen LogP contribution in [0.2, 0.25) is 0 Å². The summed E-state index contributed by atoms with van der Waals surface area (Å²) in [4.78, 5) is 24.1. The quantitative estimate of drug-likeness (QED) is 0.726. The Hall–Kier alpha value is -2.71. The fourth-order valence-electron chi connectivity index (χ4n) is 3.30. The molecule has 0 aliphatic carbocycles. The van der Waals surface area contributed by atoms with Gasteiger partial charge in [0.1, 0.15) is 0 Å². The van der Waals surface area contributed by atoms with E-state index in [9.17, 15) is 18.0 Å². The van der Waals surface area contributed by atoms with Crippen molar-refractivity contribution in [2.75, 3.05) is 18.4 Å². The third-order valence-corrected chi connectivity index (χ3v) is 7.05. The Bertz CT molecular complexity index is 1010. The molecule has 2 amide bonds. The monoisotopic (exact) mass is 415 g/mol. The molecule has 0 spiro atoms. The second-order valence-electron chi connectivity index (χ2n) is 6.84. The first-order valence-corrected chi connectivity index (χ1v) is 11.1. The Morgan fingerprint density at radius 2 is 1.76 bits per heavy atom. The third-order valence-electron chi connectivity index (χ3n) is 4.98. The van der Waals surface area contributed by atoms with Crippen LogP contribution < -0.4 is 10.6 Å². The Kier molecular flexibility index (Phi) is 6.34. The van der Waals surface area contributed by atoms with Gasteiger partial charge in [0.15, 0.2) is 0 Å². The van der Waals surface area contributed by atoms with E-state index >= 15 is 0 Å². The summed E-state index contributed by atoms with van der Waals surface area (Å²) >= 11 is 0. The second kappa shape index (κ2) is 8.75. The zero-order valence-corrected chi connectivity index (χ0v) is 17.4. The average Bonchev–Trinajstić information content (AvgIpc) is 2.72. The van der Waals surface area contributed by atoms with Crippen LogP contribution in [0.4, 0.5) is 5.69 Å². The van der Waals surface area contributed by atoms with Gasteiger partial charge in [0.2, 0.25) is 15.9 Å². The lowest BCUT2D eigenvalue weighted by atomic mass is 10.00. The molecule has 2 aromatic rings. The zero-order chi connectivity index (χ0) is 21.0. The smallest absolute Gasteiger partial charge is 0.251 e. The highest BCUT2D eigenvalue weighted by atomic mass is 32.2. The molecule has 1 aliphatic rings. The zero-order valence-electron chi connectivity index (χ0n) is 16.6. The normalized spacial score (nSPS) is 13.7. The molecule has 8 heteroatoms. The Morgan fingerprint density at radius 1 is 1.07 bits per heavy atom. The molecule has 7 nitrogen and oxygen atoms in total. The summed E-state index contributed by atoms with van der Waals surface area (Å²) in [5, 5.41) is 5.64. The molecule has 0 bridgehead atoms. The number of carbonyl (C=O) groups excluding carboxylic acids is 2. The minimum Gasteiger partial charge on any atom is -0.348 e. The fraction of sp³-hybridized carbons (Fsp3) is 0.333. The summed E-state index contributed by atoms with van der Waals surface area (Å²) in [5.74, 6) is -0.231. The van der Waals surface area contributed by atoms with Gasteiger partial charge in [0.05, 0.1) is 4.90 Å². The van der Waals surface area contributed by atoms with Gasteiger partial charge in [-0.15, -0.1) is 0 Å². The van der Waals surface area contributed by atoms with Crippen molar-refractivity contribution in [3.8, 4) is 0 Å². The second-order valence-corrected chi connectivity index (χ2v) is 8.77. The first-order valence-electron chi connectivity index (χ1n) is 9.65. The molecule has 0 aromatic heterocycles. The van der Waals surface area contributed by atoms with E-state index in [1.54, 1.807) is 56.3 Å². The number of fused-ring (bicyclic) bond motifs is 1. The molecule has 2 aromatic carbocycles. The Labute approximate surface area is 171 Å². The highest BCUT2D eigenvalue weighted by Gasteiger charge is 2.21. The number of aryl methyl sites for hydroxylation is 1. The molecule has 0 saturated heterocycles. The molecule has 2 N–H and O–H groups in total. The number of anilines is 1. The van der Waals surface area contributed by atoms with E-state index in [4.69, 9.17) is 0 Å². The van der Waals surface area contributed by atoms with Crippen LogP contribution in [0.1, 0.15) is 41.8 Å². The van der Waals surface area contributed by atoms with Gasteiger partial charge in [-0.25, -0.2) is 8.42 Å². The van der Waals surface area contributed by atoms with Gasteiger partial charge >= 0.3 is 0 Å². The van der Waals surface area contributed by atoms with Crippen molar-refractivity contribution in [1.29, 1.82) is 0 Å². The standard InChI is InChI=1S/C21H25N3O4S/c1-3-24(4-2)29(27,28)18-9-5-15(6-10-18)14-22-21(26)17-7-11-19-16(13-17)8-12-20(25)23-19/h5-7,9-11,13H,3-4,8,12,14H2,1-2H3,(H,22,26)(H,23,25). The predicted molar refractivity (Wildman–Crippen MR) is 111 cm³/mol. The van der Waals surface area contributed by atoms with E-state index < -0.39 is 10.0 Å². The van der Waals surface area contributed by atoms with Gasteiger partial charge in [-0.3, -0.25) is 9.59 Å². The van der Waals surface area contributed by atoms with Gasteiger partial charge in [-0.05, 0) is 47.9 Å². The lowest BCUT2D eigenvalue weighted by Gasteiger charge is -2.18. The predicted octanol–water partition coefficient (Wildman–Crippen LogP) is 2.53. The van der Waals surface area contributed by atoms with Crippen LogP contribution in [0.15, 0.2) is 47.4 Å². The van der Waals surface area contributed by atoms with E-state index in [0.29, 0.717) is 31.5 Å². The van der Waals surface area contributed by atoms with Crippen molar-refractivity contribution < 1.29 is 18.0 Å². The maximum Gasteiger partial charge on any atom is 0.251 e. The summed E-state index contributed by atoms with van der Waals surface area (Å²) in [7, 11) is -3.49. The van der Waals surface area contributed by atoms with Crippen LogP contribution in [-0.2, 0) is 27.8 Å². The molecule has 1 heterocycles. The Balaban J connectivity index is 1.64. The minimum atomic E-state index is -3.49. The molecule has 0 saturated carbocycles. The van der Waals surface area contributed by atoms with Crippen molar-refractivity contribution in [3.63, 3.8) is 0 Å². The number of benzene rings is 2. The largest absolute Gasteiger partial charge is 0.348 e. The molecule has 154 valence electrons. The number of amides is 2. The number of hydrogen-bond donors (Lipinski definition) is 2. The molecule has 0 unspecified atom stereocenters. The van der Waals surface area contributed by atoms with Crippen LogP contribution in [0.5, 0.6) is 0 Å². The summed E-state index contributed by atoms with van der Waals surface area (Å²) in [6.45, 7) is 4.74. The SMILES string of the molecule is CCN(CC)S(=O)(=O)c1ccc(CNC(=O)c2ccc3c(c2)CCC(=O)N3)cc1. The maximum atomic E-state index is 12.5. The van der Waals surface area contributed by atoms with Crippen molar-refractivity contribution in [2.24, 2.45) is 0 Å². The van der Waals surface area contributed by atoms with Crippen molar-refractivity contribution >= 4 is 27.5 Å². The van der Waals surface area contributed by atoms with E-state index in [2.05, 4.69) is 10.6 Å². The molecule has 0 atom stereocenters. The number of sulfonamides is 1. The van der Waals surface area contributed by atoms with Crippen molar-refractivity contribution in [3.05, 3.63) is 59.2 Å². The average molecular weight is 416 g/mol. The van der Waals surface area contributed by atoms with Gasteiger partial charge in [0.25, 0.3) is 5.91 Å². The molecular weight excluding hydrogens is 390 g/mol. The van der Waals surface area contributed by atoms with Gasteiger partial charge in [-0.2, -0.15) is 4.31 Å². The lowest BCUT2D eigenvalue weighted by Crippen LogP contribution is -2.30. The number of carbonyl (C=O) groups is 2. The highest BCUT2D eigenvalue weighted by Crippen LogP contribution is 2.23. The minimum absolute atomic E-state index is 0.0128. The van der Waals surface area contributed by atoms with E-state index in [1.807, 2.05) is 0 Å². The van der Waals surface area contributed by atoms with Crippen LogP contribution >= 0.6 is 0 Å². The van der Waals surface area contributed by atoms with Gasteiger partial charge in [-0.1, -0.05) is 26.0 Å². The van der Waals surface area contributed by atoms with Crippen LogP contribution in [-0.4, -0.2) is 37.6 Å². The molecule has 1 aliphatic heterocycles. The summed E-state index contributed by atoms with van der Waals surface area (Å²) in [6, 6.07) is 11.8.